The molecule has 21 heavy (non-hydrogen) atoms. The molecule has 1 aromatic rings. The molecule has 0 spiro atoms. The van der Waals surface area contributed by atoms with Crippen molar-refractivity contribution in [3.8, 4) is 0 Å². The van der Waals surface area contributed by atoms with Crippen LogP contribution in [-0.2, 0) is 4.79 Å². The Hall–Kier alpha value is -2.15. The molecule has 1 nitrogen and oxygen atoms in total. The maximum atomic E-state index is 10.4. The Morgan fingerprint density at radius 2 is 1.67 bits per heavy atom. The van der Waals surface area contributed by atoms with E-state index in [0.29, 0.717) is 0 Å². The van der Waals surface area contributed by atoms with Gasteiger partial charge in [-0.25, -0.2) is 0 Å². The second-order valence-corrected chi connectivity index (χ2v) is 6.02. The first-order valence-corrected chi connectivity index (χ1v) is 7.17. The number of hydrogen-bond acceptors (Lipinski definition) is 1. The molecule has 1 heteroatoms. The van der Waals surface area contributed by atoms with Gasteiger partial charge in [-0.05, 0) is 35.1 Å². The molecule has 0 radical (unpaired) electrons. The van der Waals surface area contributed by atoms with E-state index in [4.69, 9.17) is 0 Å². The molecule has 0 N–H and O–H groups in total. The zero-order chi connectivity index (χ0) is 15.7. The van der Waals surface area contributed by atoms with Crippen LogP contribution in [0.25, 0.3) is 6.08 Å². The highest BCUT2D eigenvalue weighted by Crippen LogP contribution is 2.27. The van der Waals surface area contributed by atoms with Gasteiger partial charge in [-0.2, -0.15) is 0 Å². The van der Waals surface area contributed by atoms with Gasteiger partial charge in [0.25, 0.3) is 0 Å². The molecule has 0 atom stereocenters. The zero-order valence-corrected chi connectivity index (χ0v) is 13.3. The van der Waals surface area contributed by atoms with Crippen LogP contribution in [0, 0.1) is 5.41 Å². The van der Waals surface area contributed by atoms with Gasteiger partial charge >= 0.3 is 0 Å². The van der Waals surface area contributed by atoms with Gasteiger partial charge in [0.2, 0.25) is 0 Å². The maximum absolute atomic E-state index is 10.4. The maximum Gasteiger partial charge on any atom is 0.143 e. The van der Waals surface area contributed by atoms with Crippen LogP contribution >= 0.6 is 0 Å². The van der Waals surface area contributed by atoms with Crippen molar-refractivity contribution in [3.63, 3.8) is 0 Å². The van der Waals surface area contributed by atoms with E-state index in [2.05, 4.69) is 51.1 Å². The van der Waals surface area contributed by atoms with E-state index in [1.165, 1.54) is 11.1 Å². The lowest BCUT2D eigenvalue weighted by atomic mass is 9.85. The number of hydrogen-bond donors (Lipinski definition) is 0. The molecular weight excluding hydrogens is 256 g/mol. The lowest BCUT2D eigenvalue weighted by Crippen LogP contribution is -2.07. The Bertz CT molecular complexity index is 564. The fraction of sp³-hybridized carbons (Fsp3) is 0.250. The largest absolute Gasteiger partial charge is 0.299 e. The van der Waals surface area contributed by atoms with Crippen molar-refractivity contribution in [3.05, 3.63) is 77.4 Å². The van der Waals surface area contributed by atoms with Crippen molar-refractivity contribution in [2.45, 2.75) is 27.7 Å². The lowest BCUT2D eigenvalue weighted by Gasteiger charge is -2.20. The van der Waals surface area contributed by atoms with Crippen LogP contribution in [0.5, 0.6) is 0 Å². The van der Waals surface area contributed by atoms with Crippen LogP contribution in [-0.4, -0.2) is 6.29 Å². The number of aldehydes is 1. The van der Waals surface area contributed by atoms with E-state index in [1.807, 2.05) is 37.3 Å². The quantitative estimate of drug-likeness (QED) is 0.402. The Kier molecular flexibility index (Phi) is 6.61. The van der Waals surface area contributed by atoms with Crippen molar-refractivity contribution in [1.29, 1.82) is 0 Å². The van der Waals surface area contributed by atoms with Crippen LogP contribution in [0.1, 0.15) is 33.3 Å². The third-order valence-electron chi connectivity index (χ3n) is 3.09. The summed E-state index contributed by atoms with van der Waals surface area (Å²) in [6.45, 7) is 8.48. The molecular formula is C20H24O. The van der Waals surface area contributed by atoms with E-state index in [9.17, 15) is 4.79 Å². The van der Waals surface area contributed by atoms with Gasteiger partial charge in [0.1, 0.15) is 6.29 Å². The minimum atomic E-state index is 0.0674. The Balaban J connectivity index is 2.94. The van der Waals surface area contributed by atoms with Crippen LogP contribution in [0.2, 0.25) is 0 Å². The lowest BCUT2D eigenvalue weighted by molar-refractivity contribution is -0.104. The average molecular weight is 280 g/mol. The first-order chi connectivity index (χ1) is 9.93. The van der Waals surface area contributed by atoms with Gasteiger partial charge in [-0.1, -0.05) is 81.5 Å². The van der Waals surface area contributed by atoms with Gasteiger partial charge in [-0.3, -0.25) is 4.79 Å². The van der Waals surface area contributed by atoms with Gasteiger partial charge in [0.15, 0.2) is 0 Å². The van der Waals surface area contributed by atoms with Gasteiger partial charge in [0.05, 0.1) is 0 Å². The zero-order valence-electron chi connectivity index (χ0n) is 13.3. The normalized spacial score (nSPS) is 14.1. The molecule has 0 aromatic heterocycles. The summed E-state index contributed by atoms with van der Waals surface area (Å²) in [4.78, 5) is 10.4. The summed E-state index contributed by atoms with van der Waals surface area (Å²) in [6, 6.07) is 10.3. The predicted molar refractivity (Wildman–Crippen MR) is 92.0 cm³/mol. The molecule has 0 amide bonds. The Morgan fingerprint density at radius 1 is 1.00 bits per heavy atom. The SMILES string of the molecule is CC(C=CC=C(C=Cc1ccccc1)C(C)(C)C)=CC=O. The number of rotatable bonds is 5. The number of allylic oxidation sites excluding steroid dienone is 7. The first kappa shape index (κ1) is 16.9. The predicted octanol–water partition coefficient (Wildman–Crippen LogP) is 5.37. The van der Waals surface area contributed by atoms with Crippen LogP contribution < -0.4 is 0 Å². The van der Waals surface area contributed by atoms with Crippen LogP contribution in [0.15, 0.2) is 71.9 Å². The molecule has 0 aliphatic heterocycles. The van der Waals surface area contributed by atoms with Crippen molar-refractivity contribution in [2.75, 3.05) is 0 Å². The molecule has 110 valence electrons. The van der Waals surface area contributed by atoms with Crippen LogP contribution in [0.3, 0.4) is 0 Å². The molecule has 0 bridgehead atoms. The average Bonchev–Trinajstić information content (AvgIpc) is 2.42. The molecule has 1 aromatic carbocycles. The molecule has 0 unspecified atom stereocenters. The molecule has 0 saturated heterocycles. The number of benzene rings is 1. The molecule has 0 aliphatic rings. The number of carbonyl (C=O) groups is 1. The summed E-state index contributed by atoms with van der Waals surface area (Å²) in [5.74, 6) is 0. The highest BCUT2D eigenvalue weighted by molar-refractivity contribution is 5.67. The van der Waals surface area contributed by atoms with Crippen molar-refractivity contribution in [2.24, 2.45) is 5.41 Å². The summed E-state index contributed by atoms with van der Waals surface area (Å²) in [7, 11) is 0. The van der Waals surface area contributed by atoms with Gasteiger partial charge in [0, 0.05) is 0 Å². The molecule has 0 heterocycles. The topological polar surface area (TPSA) is 17.1 Å². The molecule has 1 rings (SSSR count). The summed E-state index contributed by atoms with van der Waals surface area (Å²) in [6.07, 6.45) is 12.7. The molecule has 0 saturated carbocycles. The summed E-state index contributed by atoms with van der Waals surface area (Å²) in [5.41, 5.74) is 3.44. The summed E-state index contributed by atoms with van der Waals surface area (Å²) in [5, 5.41) is 0. The molecule has 0 aliphatic carbocycles. The van der Waals surface area contributed by atoms with Crippen molar-refractivity contribution < 1.29 is 4.79 Å². The van der Waals surface area contributed by atoms with Crippen molar-refractivity contribution >= 4 is 12.4 Å². The third-order valence-corrected chi connectivity index (χ3v) is 3.09. The summed E-state index contributed by atoms with van der Waals surface area (Å²) >= 11 is 0. The standard InChI is InChI=1S/C20H24O/c1-17(15-16-21)9-8-12-19(20(2,3)4)14-13-18-10-6-5-7-11-18/h5-16H,1-4H3. The summed E-state index contributed by atoms with van der Waals surface area (Å²) < 4.78 is 0. The fourth-order valence-electron chi connectivity index (χ4n) is 1.77. The van der Waals surface area contributed by atoms with Crippen molar-refractivity contribution in [1.82, 2.24) is 0 Å². The second kappa shape index (κ2) is 8.21. The molecule has 0 fully saturated rings. The highest BCUT2D eigenvalue weighted by Gasteiger charge is 2.13. The van der Waals surface area contributed by atoms with E-state index in [1.54, 1.807) is 6.08 Å². The van der Waals surface area contributed by atoms with Gasteiger partial charge in [-0.15, -0.1) is 0 Å². The number of carbonyl (C=O) groups excluding carboxylic acids is 1. The Morgan fingerprint density at radius 3 is 2.24 bits per heavy atom. The van der Waals surface area contributed by atoms with E-state index < -0.39 is 0 Å². The highest BCUT2D eigenvalue weighted by atomic mass is 16.1. The van der Waals surface area contributed by atoms with E-state index in [-0.39, 0.29) is 5.41 Å². The minimum absolute atomic E-state index is 0.0674. The Labute approximate surface area is 128 Å². The monoisotopic (exact) mass is 280 g/mol. The first-order valence-electron chi connectivity index (χ1n) is 7.17. The smallest absolute Gasteiger partial charge is 0.143 e. The van der Waals surface area contributed by atoms with E-state index >= 15 is 0 Å². The second-order valence-electron chi connectivity index (χ2n) is 6.02. The van der Waals surface area contributed by atoms with E-state index in [0.717, 1.165) is 11.9 Å². The fourth-order valence-corrected chi connectivity index (χ4v) is 1.77. The van der Waals surface area contributed by atoms with Gasteiger partial charge < -0.3 is 0 Å². The van der Waals surface area contributed by atoms with Crippen LogP contribution in [0.4, 0.5) is 0 Å². The third kappa shape index (κ3) is 6.71. The minimum Gasteiger partial charge on any atom is -0.299 e.